The molecule has 20 heavy (non-hydrogen) atoms. The lowest BCUT2D eigenvalue weighted by Gasteiger charge is -2.08. The predicted octanol–water partition coefficient (Wildman–Crippen LogP) is 4.06. The van der Waals surface area contributed by atoms with Gasteiger partial charge in [0.2, 0.25) is 0 Å². The minimum absolute atomic E-state index is 0.270. The maximum Gasteiger partial charge on any atom is 0.125 e. The fourth-order valence-electron chi connectivity index (χ4n) is 2.19. The maximum atomic E-state index is 13.2. The number of aromatic nitrogens is 2. The van der Waals surface area contributed by atoms with Crippen LogP contribution in [-0.4, -0.2) is 9.97 Å². The Morgan fingerprint density at radius 2 is 2.10 bits per heavy atom. The van der Waals surface area contributed by atoms with Gasteiger partial charge < -0.3 is 5.32 Å². The summed E-state index contributed by atoms with van der Waals surface area (Å²) in [6.45, 7) is 4.74. The summed E-state index contributed by atoms with van der Waals surface area (Å²) < 4.78 is 13.2. The minimum atomic E-state index is -0.270. The summed E-state index contributed by atoms with van der Waals surface area (Å²) in [5.74, 6) is -0.270. The molecule has 2 heterocycles. The second-order valence-electron chi connectivity index (χ2n) is 4.61. The average molecular weight is 287 g/mol. The predicted molar refractivity (Wildman–Crippen MR) is 80.6 cm³/mol. The summed E-state index contributed by atoms with van der Waals surface area (Å²) in [6, 6.07) is 6.54. The molecule has 0 aliphatic carbocycles. The van der Waals surface area contributed by atoms with E-state index in [0.29, 0.717) is 12.1 Å². The van der Waals surface area contributed by atoms with Crippen LogP contribution in [0.5, 0.6) is 0 Å². The fraction of sp³-hybridized carbons (Fsp3) is 0.200. The summed E-state index contributed by atoms with van der Waals surface area (Å²) in [7, 11) is 0. The summed E-state index contributed by atoms with van der Waals surface area (Å²) in [5, 5.41) is 5.34. The summed E-state index contributed by atoms with van der Waals surface area (Å²) in [4.78, 5) is 9.91. The zero-order valence-electron chi connectivity index (χ0n) is 11.3. The number of nitrogens with one attached hydrogen (secondary N) is 1. The lowest BCUT2D eigenvalue weighted by atomic mass is 10.2. The van der Waals surface area contributed by atoms with Gasteiger partial charge >= 0.3 is 0 Å². The standard InChI is InChI=1S/C15H14FN3S/c1-9-15(19-10(2)20-9)8-18-13-5-6-17-14-7-11(16)3-4-12(13)14/h3-7H,8H2,1-2H3,(H,17,18). The third kappa shape index (κ3) is 2.49. The van der Waals surface area contributed by atoms with Gasteiger partial charge in [0.25, 0.3) is 0 Å². The van der Waals surface area contributed by atoms with Crippen molar-refractivity contribution >= 4 is 27.9 Å². The Balaban J connectivity index is 1.89. The number of halogens is 1. The Labute approximate surface area is 120 Å². The Hall–Kier alpha value is -2.01. The molecule has 0 amide bonds. The van der Waals surface area contributed by atoms with Crippen LogP contribution in [0.4, 0.5) is 10.1 Å². The molecule has 0 saturated heterocycles. The molecule has 0 unspecified atom stereocenters. The van der Waals surface area contributed by atoms with Gasteiger partial charge in [0.1, 0.15) is 5.82 Å². The highest BCUT2D eigenvalue weighted by molar-refractivity contribution is 7.11. The number of hydrogen-bond acceptors (Lipinski definition) is 4. The van der Waals surface area contributed by atoms with E-state index in [2.05, 4.69) is 22.2 Å². The number of thiazole rings is 1. The SMILES string of the molecule is Cc1nc(CNc2ccnc3cc(F)ccc23)c(C)s1. The van der Waals surface area contributed by atoms with E-state index >= 15 is 0 Å². The molecule has 0 aliphatic rings. The lowest BCUT2D eigenvalue weighted by molar-refractivity contribution is 0.629. The monoisotopic (exact) mass is 287 g/mol. The molecule has 3 nitrogen and oxygen atoms in total. The van der Waals surface area contributed by atoms with Crippen LogP contribution in [0, 0.1) is 19.7 Å². The highest BCUT2D eigenvalue weighted by atomic mass is 32.1. The van der Waals surface area contributed by atoms with Gasteiger partial charge in [-0.1, -0.05) is 0 Å². The number of benzene rings is 1. The third-order valence-electron chi connectivity index (χ3n) is 3.15. The first-order valence-corrected chi connectivity index (χ1v) is 7.16. The number of hydrogen-bond donors (Lipinski definition) is 1. The van der Waals surface area contributed by atoms with E-state index in [-0.39, 0.29) is 5.82 Å². The highest BCUT2D eigenvalue weighted by Crippen LogP contribution is 2.24. The van der Waals surface area contributed by atoms with Crippen molar-refractivity contribution in [3.8, 4) is 0 Å². The van der Waals surface area contributed by atoms with Gasteiger partial charge in [-0.2, -0.15) is 0 Å². The zero-order valence-corrected chi connectivity index (χ0v) is 12.1. The van der Waals surface area contributed by atoms with Crippen LogP contribution in [0.15, 0.2) is 30.5 Å². The molecule has 3 aromatic rings. The largest absolute Gasteiger partial charge is 0.379 e. The van der Waals surface area contributed by atoms with E-state index in [1.807, 2.05) is 13.0 Å². The van der Waals surface area contributed by atoms with Gasteiger partial charge in [-0.15, -0.1) is 11.3 Å². The Bertz CT molecular complexity index is 767. The van der Waals surface area contributed by atoms with Gasteiger partial charge in [-0.05, 0) is 32.0 Å². The topological polar surface area (TPSA) is 37.8 Å². The van der Waals surface area contributed by atoms with Crippen LogP contribution >= 0.6 is 11.3 Å². The van der Waals surface area contributed by atoms with E-state index in [4.69, 9.17) is 0 Å². The number of fused-ring (bicyclic) bond motifs is 1. The quantitative estimate of drug-likeness (QED) is 0.789. The number of nitrogens with zero attached hydrogens (tertiary/aromatic N) is 2. The number of anilines is 1. The molecule has 0 spiro atoms. The molecule has 0 radical (unpaired) electrons. The number of pyridine rings is 1. The van der Waals surface area contributed by atoms with E-state index in [0.717, 1.165) is 21.8 Å². The Kier molecular flexibility index (Phi) is 3.36. The molecule has 0 aliphatic heterocycles. The smallest absolute Gasteiger partial charge is 0.125 e. The first-order chi connectivity index (χ1) is 9.63. The molecule has 0 saturated carbocycles. The number of aryl methyl sites for hydroxylation is 2. The first kappa shape index (κ1) is 13.0. The molecule has 0 bridgehead atoms. The van der Waals surface area contributed by atoms with Crippen LogP contribution in [0.1, 0.15) is 15.6 Å². The van der Waals surface area contributed by atoms with Crippen LogP contribution in [0.25, 0.3) is 10.9 Å². The van der Waals surface area contributed by atoms with E-state index in [1.165, 1.54) is 17.0 Å². The first-order valence-electron chi connectivity index (χ1n) is 6.34. The molecule has 2 aromatic heterocycles. The van der Waals surface area contributed by atoms with Crippen molar-refractivity contribution in [2.24, 2.45) is 0 Å². The van der Waals surface area contributed by atoms with Gasteiger partial charge in [0.15, 0.2) is 0 Å². The Morgan fingerprint density at radius 1 is 1.25 bits per heavy atom. The molecule has 3 rings (SSSR count). The van der Waals surface area contributed by atoms with Gasteiger partial charge in [0, 0.05) is 28.2 Å². The van der Waals surface area contributed by atoms with E-state index in [9.17, 15) is 4.39 Å². The molecule has 5 heteroatoms. The summed E-state index contributed by atoms with van der Waals surface area (Å²) in [5.41, 5.74) is 2.65. The van der Waals surface area contributed by atoms with Crippen molar-refractivity contribution < 1.29 is 4.39 Å². The molecule has 102 valence electrons. The van der Waals surface area contributed by atoms with Gasteiger partial charge in [-0.25, -0.2) is 9.37 Å². The summed E-state index contributed by atoms with van der Waals surface area (Å²) >= 11 is 1.70. The normalized spacial score (nSPS) is 10.9. The third-order valence-corrected chi connectivity index (χ3v) is 4.08. The fourth-order valence-corrected chi connectivity index (χ4v) is 3.02. The molecule has 1 aromatic carbocycles. The van der Waals surface area contributed by atoms with Crippen molar-refractivity contribution in [3.63, 3.8) is 0 Å². The van der Waals surface area contributed by atoms with Gasteiger partial charge in [0.05, 0.1) is 22.8 Å². The molecule has 0 fully saturated rings. The van der Waals surface area contributed by atoms with E-state index in [1.54, 1.807) is 23.6 Å². The molecular formula is C15H14FN3S. The maximum absolute atomic E-state index is 13.2. The van der Waals surface area contributed by atoms with Crippen molar-refractivity contribution in [2.75, 3.05) is 5.32 Å². The van der Waals surface area contributed by atoms with Crippen LogP contribution in [0.3, 0.4) is 0 Å². The van der Waals surface area contributed by atoms with Crippen molar-refractivity contribution in [1.29, 1.82) is 0 Å². The molecule has 0 atom stereocenters. The van der Waals surface area contributed by atoms with Crippen molar-refractivity contribution in [2.45, 2.75) is 20.4 Å². The molecular weight excluding hydrogens is 273 g/mol. The molecule has 1 N–H and O–H groups in total. The lowest BCUT2D eigenvalue weighted by Crippen LogP contribution is -2.02. The number of rotatable bonds is 3. The van der Waals surface area contributed by atoms with Crippen LogP contribution in [-0.2, 0) is 6.54 Å². The van der Waals surface area contributed by atoms with Crippen LogP contribution < -0.4 is 5.32 Å². The van der Waals surface area contributed by atoms with Crippen LogP contribution in [0.2, 0.25) is 0 Å². The highest BCUT2D eigenvalue weighted by Gasteiger charge is 2.07. The van der Waals surface area contributed by atoms with Crippen molar-refractivity contribution in [1.82, 2.24) is 9.97 Å². The van der Waals surface area contributed by atoms with Crippen molar-refractivity contribution in [3.05, 3.63) is 51.9 Å². The zero-order chi connectivity index (χ0) is 14.1. The minimum Gasteiger partial charge on any atom is -0.379 e. The van der Waals surface area contributed by atoms with Gasteiger partial charge in [-0.3, -0.25) is 4.98 Å². The second-order valence-corrected chi connectivity index (χ2v) is 6.02. The Morgan fingerprint density at radius 3 is 2.85 bits per heavy atom. The summed E-state index contributed by atoms with van der Waals surface area (Å²) in [6.07, 6.45) is 1.68. The average Bonchev–Trinajstić information content (AvgIpc) is 2.74. The van der Waals surface area contributed by atoms with E-state index < -0.39 is 0 Å². The second kappa shape index (κ2) is 5.17.